The summed E-state index contributed by atoms with van der Waals surface area (Å²) in [5.74, 6) is -5.02. The Morgan fingerprint density at radius 1 is 1.00 bits per heavy atom. The quantitative estimate of drug-likeness (QED) is 0.324. The van der Waals surface area contributed by atoms with E-state index in [4.69, 9.17) is 32.3 Å². The molecule has 0 saturated heterocycles. The van der Waals surface area contributed by atoms with Crippen LogP contribution in [-0.2, 0) is 36.8 Å². The van der Waals surface area contributed by atoms with Crippen LogP contribution in [0.15, 0.2) is 0 Å². The van der Waals surface area contributed by atoms with Crippen molar-refractivity contribution < 1.29 is 57.2 Å². The molecule has 0 spiro atoms. The van der Waals surface area contributed by atoms with Gasteiger partial charge in [-0.3, -0.25) is 9.59 Å². The molecule has 0 heterocycles. The van der Waals surface area contributed by atoms with E-state index in [0.717, 1.165) is 0 Å². The van der Waals surface area contributed by atoms with Crippen LogP contribution in [0.3, 0.4) is 0 Å². The van der Waals surface area contributed by atoms with Gasteiger partial charge >= 0.3 is 40.3 Å². The minimum Gasteiger partial charge on any atom is -0.512 e. The molecule has 0 amide bonds. The van der Waals surface area contributed by atoms with Gasteiger partial charge < -0.3 is 32.3 Å². The van der Waals surface area contributed by atoms with Gasteiger partial charge in [-0.1, -0.05) is 0 Å². The molecule has 0 atom stereocenters. The van der Waals surface area contributed by atoms with E-state index in [-0.39, 0.29) is 22.4 Å². The van der Waals surface area contributed by atoms with Crippen molar-refractivity contribution in [3.63, 3.8) is 0 Å². The number of carboxylic acids is 3. The van der Waals surface area contributed by atoms with Gasteiger partial charge in [0, 0.05) is 0 Å². The minimum absolute atomic E-state index is 0. The Morgan fingerprint density at radius 2 is 1.25 bits per heavy atom. The van der Waals surface area contributed by atoms with E-state index in [1.165, 1.54) is 0 Å². The fourth-order valence-corrected chi connectivity index (χ4v) is 0.714. The van der Waals surface area contributed by atoms with Gasteiger partial charge in [0.1, 0.15) is 0 Å². The Morgan fingerprint density at radius 3 is 1.38 bits per heavy atom. The van der Waals surface area contributed by atoms with Crippen molar-refractivity contribution in [2.45, 2.75) is 18.4 Å². The topological polar surface area (TPSA) is 156 Å². The zero-order valence-electron chi connectivity index (χ0n) is 7.68. The molecule has 0 rings (SSSR count). The van der Waals surface area contributed by atoms with E-state index in [1.54, 1.807) is 0 Å². The molecule has 0 fully saturated rings. The van der Waals surface area contributed by atoms with Gasteiger partial charge in [0.05, 0.1) is 12.8 Å². The first-order chi connectivity index (χ1) is 6.78. The molecule has 0 radical (unpaired) electrons. The van der Waals surface area contributed by atoms with E-state index < -0.39 is 36.4 Å². The first kappa shape index (κ1) is 20.1. The van der Waals surface area contributed by atoms with Gasteiger partial charge in [-0.2, -0.15) is 0 Å². The molecule has 9 heteroatoms. The molecule has 0 aliphatic carbocycles. The molecule has 0 aromatic heterocycles. The van der Waals surface area contributed by atoms with Crippen LogP contribution in [-0.4, -0.2) is 43.9 Å². The molecule has 0 aliphatic heterocycles. The van der Waals surface area contributed by atoms with Crippen molar-refractivity contribution in [2.75, 3.05) is 0 Å². The molecule has 94 valence electrons. The first-order valence-electron chi connectivity index (χ1n) is 3.39. The van der Waals surface area contributed by atoms with Crippen molar-refractivity contribution in [2.24, 2.45) is 0 Å². The molecule has 0 saturated carbocycles. The van der Waals surface area contributed by atoms with Crippen LogP contribution in [0.4, 0.5) is 0 Å². The standard InChI is InChI=1S/C6H8O7.CN.Au/c7-3(8)1-6(13,5(11)12)2-4(9)10;1-2;/h13H,1-2H2,(H,7,8)(H,9,10)(H,11,12);;/q;-1;+1. The molecule has 16 heavy (non-hydrogen) atoms. The Labute approximate surface area is 106 Å². The van der Waals surface area contributed by atoms with Crippen molar-refractivity contribution in [1.29, 1.82) is 5.26 Å². The number of nitrogens with zero attached hydrogens (tertiary/aromatic N) is 1. The van der Waals surface area contributed by atoms with E-state index in [2.05, 4.69) is 0 Å². The first-order valence-corrected chi connectivity index (χ1v) is 3.39. The van der Waals surface area contributed by atoms with E-state index in [9.17, 15) is 14.4 Å². The number of carboxylic acid groups (broad SMARTS) is 3. The third kappa shape index (κ3) is 7.95. The van der Waals surface area contributed by atoms with Crippen molar-refractivity contribution in [1.82, 2.24) is 0 Å². The zero-order valence-corrected chi connectivity index (χ0v) is 9.84. The fourth-order valence-electron chi connectivity index (χ4n) is 0.714. The fraction of sp³-hybridized carbons (Fsp3) is 0.429. The zero-order chi connectivity index (χ0) is 12.6. The number of hydrogen-bond acceptors (Lipinski definition) is 5. The molecule has 0 bridgehead atoms. The Kier molecular flexibility index (Phi) is 11.1. The predicted octanol–water partition coefficient (Wildman–Crippen LogP) is -1.15. The second-order valence-corrected chi connectivity index (χ2v) is 2.48. The smallest absolute Gasteiger partial charge is 0.512 e. The van der Waals surface area contributed by atoms with Crippen LogP contribution in [0.1, 0.15) is 12.8 Å². The number of rotatable bonds is 5. The maximum absolute atomic E-state index is 10.3. The average Bonchev–Trinajstić information content (AvgIpc) is 2.04. The van der Waals surface area contributed by atoms with E-state index in [0.29, 0.717) is 0 Å². The summed E-state index contributed by atoms with van der Waals surface area (Å²) >= 11 is 0. The van der Waals surface area contributed by atoms with Gasteiger partial charge in [0.15, 0.2) is 5.60 Å². The second-order valence-electron chi connectivity index (χ2n) is 2.48. The maximum Gasteiger partial charge on any atom is 1.00 e. The summed E-state index contributed by atoms with van der Waals surface area (Å²) in [6.45, 7) is 4.75. The third-order valence-electron chi connectivity index (χ3n) is 1.29. The van der Waals surface area contributed by atoms with Crippen molar-refractivity contribution in [3.05, 3.63) is 6.57 Å². The largest absolute Gasteiger partial charge is 1.00 e. The van der Waals surface area contributed by atoms with Crippen LogP contribution in [0.25, 0.3) is 0 Å². The van der Waals surface area contributed by atoms with Crippen LogP contribution < -0.4 is 0 Å². The summed E-state index contributed by atoms with van der Waals surface area (Å²) in [6.07, 6.45) is -2.29. The summed E-state index contributed by atoms with van der Waals surface area (Å²) in [5.41, 5.74) is -2.74. The maximum atomic E-state index is 10.3. The number of hydrogen-bond donors (Lipinski definition) is 4. The molecular formula is C7H8AuNO7. The van der Waals surface area contributed by atoms with Gasteiger partial charge in [0.25, 0.3) is 0 Å². The Hall–Kier alpha value is -1.40. The normalized spacial score (nSPS) is 8.94. The third-order valence-corrected chi connectivity index (χ3v) is 1.29. The molecule has 0 aromatic carbocycles. The molecule has 0 unspecified atom stereocenters. The summed E-state index contributed by atoms with van der Waals surface area (Å²) in [6, 6.07) is 0. The van der Waals surface area contributed by atoms with Crippen LogP contribution in [0.5, 0.6) is 0 Å². The van der Waals surface area contributed by atoms with Crippen molar-refractivity contribution >= 4 is 17.9 Å². The summed E-state index contributed by atoms with van der Waals surface area (Å²) in [4.78, 5) is 30.5. The van der Waals surface area contributed by atoms with Crippen LogP contribution in [0, 0.1) is 11.8 Å². The summed E-state index contributed by atoms with van der Waals surface area (Å²) in [5, 5.41) is 40.1. The number of aliphatic hydroxyl groups is 1. The van der Waals surface area contributed by atoms with Gasteiger partial charge in [-0.25, -0.2) is 4.79 Å². The molecule has 0 aliphatic rings. The average molecular weight is 415 g/mol. The second kappa shape index (κ2) is 8.87. The molecule has 4 N–H and O–H groups in total. The van der Waals surface area contributed by atoms with Crippen LogP contribution >= 0.6 is 0 Å². The van der Waals surface area contributed by atoms with Gasteiger partial charge in [0.2, 0.25) is 0 Å². The SMILES string of the molecule is O=C(O)CC(O)(CC(=O)O)C(=O)O.[Au+].[C-]#N. The summed E-state index contributed by atoms with van der Waals surface area (Å²) in [7, 11) is 0. The monoisotopic (exact) mass is 415 g/mol. The molecule has 8 nitrogen and oxygen atoms in total. The molecule has 0 aromatic rings. The summed E-state index contributed by atoms with van der Waals surface area (Å²) < 4.78 is 0. The van der Waals surface area contributed by atoms with Crippen molar-refractivity contribution in [3.8, 4) is 0 Å². The predicted molar refractivity (Wildman–Crippen MR) is 42.1 cm³/mol. The number of aliphatic carboxylic acids is 3. The molecular weight excluding hydrogens is 407 g/mol. The van der Waals surface area contributed by atoms with E-state index >= 15 is 0 Å². The minimum atomic E-state index is -2.74. The Balaban J connectivity index is -0.000000529. The van der Waals surface area contributed by atoms with Gasteiger partial charge in [-0.05, 0) is 0 Å². The van der Waals surface area contributed by atoms with Crippen LogP contribution in [0.2, 0.25) is 0 Å². The van der Waals surface area contributed by atoms with Gasteiger partial charge in [-0.15, -0.1) is 0 Å². The van der Waals surface area contributed by atoms with E-state index in [1.807, 2.05) is 0 Å². The Bertz CT molecular complexity index is 272. The number of carbonyl (C=O) groups is 3.